The summed E-state index contributed by atoms with van der Waals surface area (Å²) in [6.07, 6.45) is 15.7. The van der Waals surface area contributed by atoms with E-state index in [1.165, 1.54) is 23.1 Å². The van der Waals surface area contributed by atoms with Gasteiger partial charge in [0.15, 0.2) is 0 Å². The summed E-state index contributed by atoms with van der Waals surface area (Å²) in [4.78, 5) is 51.3. The molecule has 8 aromatic heterocycles. The Kier molecular flexibility index (Phi) is 9.71. The topological polar surface area (TPSA) is 213 Å². The Balaban J connectivity index is 0.000000150. The number of nitrogen functional groups attached to an aromatic ring is 2. The van der Waals surface area contributed by atoms with Crippen molar-refractivity contribution >= 4 is 79.7 Å². The highest BCUT2D eigenvalue weighted by molar-refractivity contribution is 7.03. The summed E-state index contributed by atoms with van der Waals surface area (Å²) in [5.74, 6) is 2.25. The fraction of sp³-hybridized carbons (Fsp3) is 0.190. The minimum Gasteiger partial charge on any atom is -0.383 e. The number of nitrogens with two attached hydrogens (primary N) is 2. The lowest BCUT2D eigenvalue weighted by atomic mass is 10.1. The number of fused-ring (bicyclic) bond motifs is 2. The normalized spacial score (nSPS) is 18.0. The number of aryl methyl sites for hydroxylation is 2. The van der Waals surface area contributed by atoms with Crippen LogP contribution in [-0.4, -0.2) is 50.5 Å². The number of carbonyl (C=O) groups excluding carboxylic acids is 2. The van der Waals surface area contributed by atoms with Crippen molar-refractivity contribution in [2.45, 2.75) is 38.5 Å². The van der Waals surface area contributed by atoms with Gasteiger partial charge in [-0.05, 0) is 131 Å². The molecule has 0 saturated heterocycles. The van der Waals surface area contributed by atoms with Gasteiger partial charge >= 0.3 is 0 Å². The zero-order chi connectivity index (χ0) is 39.9. The van der Waals surface area contributed by atoms with Gasteiger partial charge in [0.25, 0.3) is 0 Å². The van der Waals surface area contributed by atoms with Gasteiger partial charge < -0.3 is 22.1 Å². The second-order valence-corrected chi connectivity index (χ2v) is 15.9. The Hall–Kier alpha value is -6.78. The fourth-order valence-electron chi connectivity index (χ4n) is 7.16. The second kappa shape index (κ2) is 15.3. The molecule has 4 atom stereocenters. The number of carbonyl (C=O) groups is 2. The van der Waals surface area contributed by atoms with Crippen LogP contribution in [0, 0.1) is 25.7 Å². The number of hydrogen-bond acceptors (Lipinski definition) is 14. The molecule has 2 aliphatic carbocycles. The quantitative estimate of drug-likeness (QED) is 0.117. The standard InChI is InChI=1S/2C21H18N6OS/c2*1-11-2-3-23-8-16(11)18-4-12-5-19(24-9-17(12)20(22)26-18)27-21(28)15-6-14(15)13-7-25-29-10-13/h2*2-5,7-10,14-15H,6H2,1H3,(H2,22,26)(H,24,27,28)/t14-,15?;14-,15+/m10/s1. The average Bonchev–Trinajstić information content (AvgIpc) is 4.06. The summed E-state index contributed by atoms with van der Waals surface area (Å²) in [6, 6.07) is 11.4. The highest BCUT2D eigenvalue weighted by Crippen LogP contribution is 2.49. The third kappa shape index (κ3) is 7.54. The van der Waals surface area contributed by atoms with Crippen LogP contribution in [0.4, 0.5) is 23.3 Å². The number of pyridine rings is 6. The van der Waals surface area contributed by atoms with Crippen molar-refractivity contribution in [3.05, 3.63) is 119 Å². The van der Waals surface area contributed by atoms with Gasteiger partial charge in [0.1, 0.15) is 23.3 Å². The highest BCUT2D eigenvalue weighted by Gasteiger charge is 2.45. The van der Waals surface area contributed by atoms with E-state index in [1.54, 1.807) is 37.2 Å². The molecule has 10 rings (SSSR count). The monoisotopic (exact) mass is 804 g/mol. The number of rotatable bonds is 8. The Morgan fingerprint density at radius 2 is 1.09 bits per heavy atom. The number of hydrogen-bond donors (Lipinski definition) is 4. The molecule has 0 bridgehead atoms. The van der Waals surface area contributed by atoms with E-state index in [1.807, 2.05) is 73.4 Å². The van der Waals surface area contributed by atoms with Crippen molar-refractivity contribution in [1.82, 2.24) is 38.7 Å². The van der Waals surface area contributed by atoms with Crippen LogP contribution in [0.1, 0.15) is 46.9 Å². The van der Waals surface area contributed by atoms with E-state index >= 15 is 0 Å². The van der Waals surface area contributed by atoms with Gasteiger partial charge in [-0.2, -0.15) is 0 Å². The van der Waals surface area contributed by atoms with Crippen LogP contribution in [-0.2, 0) is 9.59 Å². The van der Waals surface area contributed by atoms with Crippen LogP contribution >= 0.6 is 23.1 Å². The summed E-state index contributed by atoms with van der Waals surface area (Å²) in [7, 11) is 0. The first-order valence-corrected chi connectivity index (χ1v) is 20.2. The molecule has 0 radical (unpaired) electrons. The van der Waals surface area contributed by atoms with Gasteiger partial charge in [0, 0.05) is 94.1 Å². The summed E-state index contributed by atoms with van der Waals surface area (Å²) in [5, 5.41) is 13.1. The first-order valence-electron chi connectivity index (χ1n) is 18.5. The highest BCUT2D eigenvalue weighted by atomic mass is 32.1. The largest absolute Gasteiger partial charge is 0.383 e. The summed E-state index contributed by atoms with van der Waals surface area (Å²) >= 11 is 2.83. The maximum absolute atomic E-state index is 12.6. The Morgan fingerprint density at radius 1 is 0.638 bits per heavy atom. The number of anilines is 4. The van der Waals surface area contributed by atoms with Gasteiger partial charge in [-0.15, -0.1) is 0 Å². The number of aromatic nitrogens is 8. The number of nitrogens with one attached hydrogen (secondary N) is 2. The zero-order valence-electron chi connectivity index (χ0n) is 31.3. The first-order chi connectivity index (χ1) is 28.2. The van der Waals surface area contributed by atoms with E-state index in [2.05, 4.69) is 49.3 Å². The maximum atomic E-state index is 12.6. The predicted octanol–water partition coefficient (Wildman–Crippen LogP) is 7.56. The third-order valence-corrected chi connectivity index (χ3v) is 11.8. The first kappa shape index (κ1) is 36.8. The minimum absolute atomic E-state index is 0.0154. The van der Waals surface area contributed by atoms with Crippen LogP contribution in [0.25, 0.3) is 44.1 Å². The van der Waals surface area contributed by atoms with Crippen LogP contribution in [0.2, 0.25) is 0 Å². The third-order valence-electron chi connectivity index (χ3n) is 10.6. The van der Waals surface area contributed by atoms with Crippen molar-refractivity contribution in [1.29, 1.82) is 0 Å². The molecule has 6 N–H and O–H groups in total. The molecule has 8 aromatic rings. The van der Waals surface area contributed by atoms with E-state index < -0.39 is 0 Å². The van der Waals surface area contributed by atoms with Crippen LogP contribution in [0.3, 0.4) is 0 Å². The molecule has 0 aromatic carbocycles. The maximum Gasteiger partial charge on any atom is 0.229 e. The SMILES string of the molecule is Cc1ccncc1-c1cc2cc(NC(=O)C3C[C@@H]3c3cnsc3)ncc2c(N)n1.Cc1ccncc1-c1cc2cc(NC(=O)[C@@H]3C[C@H]3c3cnsc3)ncc2c(N)n1. The van der Waals surface area contributed by atoms with E-state index in [0.717, 1.165) is 79.2 Å². The zero-order valence-corrected chi connectivity index (χ0v) is 33.0. The molecule has 2 amide bonds. The minimum atomic E-state index is -0.0278. The summed E-state index contributed by atoms with van der Waals surface area (Å²) in [5.41, 5.74) is 20.1. The molecule has 1 unspecified atom stereocenters. The lowest BCUT2D eigenvalue weighted by Gasteiger charge is -2.10. The van der Waals surface area contributed by atoms with Crippen molar-refractivity contribution in [3.8, 4) is 22.5 Å². The second-order valence-electron chi connectivity index (χ2n) is 14.5. The molecule has 288 valence electrons. The molecule has 0 aliphatic heterocycles. The van der Waals surface area contributed by atoms with Gasteiger partial charge in [-0.1, -0.05) is 0 Å². The van der Waals surface area contributed by atoms with Crippen molar-refractivity contribution in [2.24, 2.45) is 11.8 Å². The van der Waals surface area contributed by atoms with Gasteiger partial charge in [0.05, 0.1) is 11.4 Å². The number of amides is 2. The smallest absolute Gasteiger partial charge is 0.229 e. The molecule has 14 nitrogen and oxygen atoms in total. The molecule has 58 heavy (non-hydrogen) atoms. The Morgan fingerprint density at radius 3 is 1.48 bits per heavy atom. The molecule has 16 heteroatoms. The van der Waals surface area contributed by atoms with E-state index in [-0.39, 0.29) is 35.5 Å². The van der Waals surface area contributed by atoms with Crippen molar-refractivity contribution < 1.29 is 9.59 Å². The molecule has 8 heterocycles. The molecule has 2 aliphatic rings. The van der Waals surface area contributed by atoms with Crippen LogP contribution < -0.4 is 22.1 Å². The van der Waals surface area contributed by atoms with Gasteiger partial charge in [-0.3, -0.25) is 19.6 Å². The summed E-state index contributed by atoms with van der Waals surface area (Å²) < 4.78 is 8.24. The Labute approximate surface area is 340 Å². The van der Waals surface area contributed by atoms with E-state index in [0.29, 0.717) is 23.3 Å². The van der Waals surface area contributed by atoms with E-state index in [9.17, 15) is 9.59 Å². The number of nitrogens with zero attached hydrogens (tertiary/aromatic N) is 8. The van der Waals surface area contributed by atoms with E-state index in [4.69, 9.17) is 11.5 Å². The van der Waals surface area contributed by atoms with Crippen molar-refractivity contribution in [3.63, 3.8) is 0 Å². The van der Waals surface area contributed by atoms with Crippen LogP contribution in [0.5, 0.6) is 0 Å². The van der Waals surface area contributed by atoms with Crippen molar-refractivity contribution in [2.75, 3.05) is 22.1 Å². The summed E-state index contributed by atoms with van der Waals surface area (Å²) in [6.45, 7) is 4.01. The predicted molar refractivity (Wildman–Crippen MR) is 227 cm³/mol. The Bertz CT molecular complexity index is 2640. The average molecular weight is 805 g/mol. The molecular weight excluding hydrogens is 769 g/mol. The molecule has 0 spiro atoms. The lowest BCUT2D eigenvalue weighted by Crippen LogP contribution is -2.15. The lowest BCUT2D eigenvalue weighted by molar-refractivity contribution is -0.118. The van der Waals surface area contributed by atoms with Crippen LogP contribution in [0.15, 0.2) is 96.7 Å². The molecule has 2 fully saturated rings. The van der Waals surface area contributed by atoms with Gasteiger partial charge in [0.2, 0.25) is 11.8 Å². The molecule has 2 saturated carbocycles. The van der Waals surface area contributed by atoms with Gasteiger partial charge in [-0.25, -0.2) is 28.7 Å². The fourth-order valence-corrected chi connectivity index (χ4v) is 8.36. The molecular formula is C42H36N12O2S2.